The van der Waals surface area contributed by atoms with Gasteiger partial charge in [0.15, 0.2) is 18.5 Å². The Morgan fingerprint density at radius 2 is 1.35 bits per heavy atom. The lowest BCUT2D eigenvalue weighted by molar-refractivity contribution is -0.154. The number of esters is 3. The topological polar surface area (TPSA) is 108 Å². The molecule has 4 atom stereocenters. The molecule has 2 aromatic carbocycles. The number of ether oxygens (including phenoxy) is 4. The summed E-state index contributed by atoms with van der Waals surface area (Å²) in [4.78, 5) is 36.3. The van der Waals surface area contributed by atoms with Gasteiger partial charge in [-0.2, -0.15) is 0 Å². The molecule has 1 saturated heterocycles. The van der Waals surface area contributed by atoms with Crippen molar-refractivity contribution >= 4 is 17.9 Å². The highest BCUT2D eigenvalue weighted by Gasteiger charge is 2.49. The van der Waals surface area contributed by atoms with E-state index in [4.69, 9.17) is 18.9 Å². The van der Waals surface area contributed by atoms with Crippen molar-refractivity contribution in [1.29, 1.82) is 0 Å². The second-order valence-electron chi connectivity index (χ2n) is 7.34. The standard InChI is InChI=1S/C23H24O8/c1-13-4-8-16(9-5-13)21(25)28-12-18-19(29-15(3)24)20(23(27)30-18)31-22(26)17-10-6-14(2)7-11-17/h4-11,18-20,23,27H,12H2,1-3H3/t18-,19-,20-,23-/m0/s1. The second kappa shape index (κ2) is 9.72. The van der Waals surface area contributed by atoms with Crippen molar-refractivity contribution in [3.8, 4) is 0 Å². The lowest BCUT2D eigenvalue weighted by atomic mass is 10.1. The third-order valence-corrected chi connectivity index (χ3v) is 4.78. The minimum Gasteiger partial charge on any atom is -0.459 e. The highest BCUT2D eigenvalue weighted by atomic mass is 16.7. The zero-order valence-electron chi connectivity index (χ0n) is 17.4. The van der Waals surface area contributed by atoms with Crippen molar-refractivity contribution in [2.24, 2.45) is 0 Å². The Bertz CT molecular complexity index is 935. The van der Waals surface area contributed by atoms with Crippen LogP contribution in [0.15, 0.2) is 48.5 Å². The molecule has 1 N–H and O–H groups in total. The van der Waals surface area contributed by atoms with Gasteiger partial charge in [-0.15, -0.1) is 0 Å². The van der Waals surface area contributed by atoms with E-state index < -0.39 is 42.5 Å². The van der Waals surface area contributed by atoms with E-state index in [9.17, 15) is 19.5 Å². The average molecular weight is 428 g/mol. The van der Waals surface area contributed by atoms with Gasteiger partial charge in [0.2, 0.25) is 0 Å². The molecule has 0 aromatic heterocycles. The molecule has 31 heavy (non-hydrogen) atoms. The molecule has 0 unspecified atom stereocenters. The Labute approximate surface area is 179 Å². The summed E-state index contributed by atoms with van der Waals surface area (Å²) in [5.74, 6) is -1.96. The maximum Gasteiger partial charge on any atom is 0.338 e. The van der Waals surface area contributed by atoms with E-state index in [0.717, 1.165) is 11.1 Å². The lowest BCUT2D eigenvalue weighted by Crippen LogP contribution is -2.41. The van der Waals surface area contributed by atoms with Gasteiger partial charge < -0.3 is 24.1 Å². The van der Waals surface area contributed by atoms with Crippen molar-refractivity contribution in [1.82, 2.24) is 0 Å². The van der Waals surface area contributed by atoms with Crippen LogP contribution in [0, 0.1) is 13.8 Å². The van der Waals surface area contributed by atoms with Crippen LogP contribution in [0.3, 0.4) is 0 Å². The zero-order valence-corrected chi connectivity index (χ0v) is 17.4. The third kappa shape index (κ3) is 5.68. The van der Waals surface area contributed by atoms with Gasteiger partial charge in [0.05, 0.1) is 11.1 Å². The Balaban J connectivity index is 1.68. The quantitative estimate of drug-likeness (QED) is 0.552. The van der Waals surface area contributed by atoms with Crippen LogP contribution < -0.4 is 0 Å². The number of rotatable bonds is 6. The fourth-order valence-corrected chi connectivity index (χ4v) is 3.11. The molecular weight excluding hydrogens is 404 g/mol. The first-order chi connectivity index (χ1) is 14.7. The first-order valence-corrected chi connectivity index (χ1v) is 9.77. The van der Waals surface area contributed by atoms with Crippen molar-refractivity contribution in [3.63, 3.8) is 0 Å². The van der Waals surface area contributed by atoms with Crippen LogP contribution in [0.5, 0.6) is 0 Å². The van der Waals surface area contributed by atoms with E-state index in [1.54, 1.807) is 48.5 Å². The molecule has 1 heterocycles. The largest absolute Gasteiger partial charge is 0.459 e. The predicted octanol–water partition coefficient (Wildman–Crippen LogP) is 2.33. The average Bonchev–Trinajstić information content (AvgIpc) is 3.01. The van der Waals surface area contributed by atoms with Crippen LogP contribution in [-0.4, -0.2) is 54.2 Å². The summed E-state index contributed by atoms with van der Waals surface area (Å²) in [5, 5.41) is 10.3. The Hall–Kier alpha value is -3.23. The second-order valence-corrected chi connectivity index (χ2v) is 7.34. The van der Waals surface area contributed by atoms with Gasteiger partial charge in [-0.1, -0.05) is 35.4 Å². The number of aliphatic hydroxyl groups is 1. The molecule has 0 aliphatic carbocycles. The van der Waals surface area contributed by atoms with E-state index in [0.29, 0.717) is 5.56 Å². The van der Waals surface area contributed by atoms with Gasteiger partial charge in [-0.3, -0.25) is 4.79 Å². The monoisotopic (exact) mass is 428 g/mol. The molecule has 1 aliphatic heterocycles. The van der Waals surface area contributed by atoms with E-state index in [1.165, 1.54) is 6.92 Å². The maximum absolute atomic E-state index is 12.5. The predicted molar refractivity (Wildman–Crippen MR) is 108 cm³/mol. The van der Waals surface area contributed by atoms with Crippen molar-refractivity contribution in [3.05, 3.63) is 70.8 Å². The van der Waals surface area contributed by atoms with Crippen LogP contribution in [-0.2, 0) is 23.7 Å². The maximum atomic E-state index is 12.5. The molecule has 8 nitrogen and oxygen atoms in total. The Morgan fingerprint density at radius 1 is 0.839 bits per heavy atom. The number of aryl methyl sites for hydroxylation is 2. The molecule has 1 fully saturated rings. The summed E-state index contributed by atoms with van der Waals surface area (Å²) in [7, 11) is 0. The minimum atomic E-state index is -1.55. The van der Waals surface area contributed by atoms with Gasteiger partial charge in [0.25, 0.3) is 0 Å². The fourth-order valence-electron chi connectivity index (χ4n) is 3.11. The molecule has 0 bridgehead atoms. The van der Waals surface area contributed by atoms with Gasteiger partial charge >= 0.3 is 17.9 Å². The number of carbonyl (C=O) groups excluding carboxylic acids is 3. The van der Waals surface area contributed by atoms with Crippen LogP contribution >= 0.6 is 0 Å². The Kier molecular flexibility index (Phi) is 7.04. The molecule has 164 valence electrons. The van der Waals surface area contributed by atoms with Crippen LogP contribution in [0.1, 0.15) is 38.8 Å². The summed E-state index contributed by atoms with van der Waals surface area (Å²) in [6.45, 7) is 4.65. The molecule has 2 aromatic rings. The van der Waals surface area contributed by atoms with E-state index in [-0.39, 0.29) is 12.2 Å². The molecule has 0 saturated carbocycles. The summed E-state index contributed by atoms with van der Waals surface area (Å²) in [6.07, 6.45) is -4.99. The zero-order chi connectivity index (χ0) is 22.5. The van der Waals surface area contributed by atoms with Gasteiger partial charge in [0, 0.05) is 6.92 Å². The Morgan fingerprint density at radius 3 is 1.87 bits per heavy atom. The molecule has 0 radical (unpaired) electrons. The van der Waals surface area contributed by atoms with E-state index in [1.807, 2.05) is 13.8 Å². The molecular formula is C23H24O8. The number of benzene rings is 2. The summed E-state index contributed by atoms with van der Waals surface area (Å²) >= 11 is 0. The summed E-state index contributed by atoms with van der Waals surface area (Å²) in [6, 6.07) is 13.5. The minimum absolute atomic E-state index is 0.272. The number of aliphatic hydroxyl groups excluding tert-OH is 1. The fraction of sp³-hybridized carbons (Fsp3) is 0.348. The van der Waals surface area contributed by atoms with E-state index in [2.05, 4.69) is 0 Å². The summed E-state index contributed by atoms with van der Waals surface area (Å²) < 4.78 is 21.2. The highest BCUT2D eigenvalue weighted by Crippen LogP contribution is 2.27. The SMILES string of the molecule is CC(=O)O[C@@H]1[C@H](OC(=O)c2ccc(C)cc2)[C@@H](O)O[C@H]1COC(=O)c1ccc(C)cc1. The summed E-state index contributed by atoms with van der Waals surface area (Å²) in [5.41, 5.74) is 2.57. The van der Waals surface area contributed by atoms with Crippen LogP contribution in [0.4, 0.5) is 0 Å². The molecule has 0 spiro atoms. The molecule has 8 heteroatoms. The van der Waals surface area contributed by atoms with Gasteiger partial charge in [0.1, 0.15) is 12.7 Å². The highest BCUT2D eigenvalue weighted by molar-refractivity contribution is 5.90. The van der Waals surface area contributed by atoms with Crippen molar-refractivity contribution in [2.45, 2.75) is 45.4 Å². The van der Waals surface area contributed by atoms with Crippen molar-refractivity contribution < 1.29 is 38.4 Å². The van der Waals surface area contributed by atoms with Gasteiger partial charge in [-0.25, -0.2) is 9.59 Å². The van der Waals surface area contributed by atoms with Gasteiger partial charge in [-0.05, 0) is 38.1 Å². The van der Waals surface area contributed by atoms with Crippen LogP contribution in [0.25, 0.3) is 0 Å². The molecule has 3 rings (SSSR count). The smallest absolute Gasteiger partial charge is 0.338 e. The number of hydrogen-bond acceptors (Lipinski definition) is 8. The first-order valence-electron chi connectivity index (χ1n) is 9.77. The number of carbonyl (C=O) groups is 3. The first kappa shape index (κ1) is 22.5. The molecule has 0 amide bonds. The molecule has 1 aliphatic rings. The van der Waals surface area contributed by atoms with Crippen molar-refractivity contribution in [2.75, 3.05) is 6.61 Å². The number of hydrogen-bond donors (Lipinski definition) is 1. The lowest BCUT2D eigenvalue weighted by Gasteiger charge is -2.22. The van der Waals surface area contributed by atoms with Crippen LogP contribution in [0.2, 0.25) is 0 Å². The normalized spacial score (nSPS) is 22.6. The van der Waals surface area contributed by atoms with E-state index >= 15 is 0 Å². The third-order valence-electron chi connectivity index (χ3n) is 4.78.